The Kier molecular flexibility index (Phi) is 6.92. The first-order chi connectivity index (χ1) is 16.0. The zero-order chi connectivity index (χ0) is 23.2. The standard InChI is InChI=1S/C25H25FN2O5/c1-17-14-19(28-12-2-3-13-28)6-10-22(17)27-24(29)16-32-25(30)23-11-9-21(33-23)15-31-20-7-4-18(26)5-8-20/h4-11,14H,2-3,12-13,15-16H2,1H3,(H,27,29). The van der Waals surface area contributed by atoms with Crippen molar-refractivity contribution >= 4 is 23.3 Å². The van der Waals surface area contributed by atoms with Gasteiger partial charge >= 0.3 is 5.97 Å². The lowest BCUT2D eigenvalue weighted by Crippen LogP contribution is -2.21. The Labute approximate surface area is 191 Å². The van der Waals surface area contributed by atoms with E-state index in [2.05, 4.69) is 10.2 Å². The van der Waals surface area contributed by atoms with Gasteiger partial charge in [-0.2, -0.15) is 0 Å². The first-order valence-corrected chi connectivity index (χ1v) is 10.8. The van der Waals surface area contributed by atoms with E-state index in [9.17, 15) is 14.0 Å². The van der Waals surface area contributed by atoms with E-state index >= 15 is 0 Å². The monoisotopic (exact) mass is 452 g/mol. The Morgan fingerprint density at radius 3 is 2.55 bits per heavy atom. The second kappa shape index (κ2) is 10.2. The average Bonchev–Trinajstić information content (AvgIpc) is 3.51. The Hall–Kier alpha value is -3.81. The molecule has 0 bridgehead atoms. The summed E-state index contributed by atoms with van der Waals surface area (Å²) in [6.45, 7) is 3.65. The predicted molar refractivity (Wildman–Crippen MR) is 121 cm³/mol. The molecule has 1 aromatic heterocycles. The molecule has 1 N–H and O–H groups in total. The van der Waals surface area contributed by atoms with Crippen molar-refractivity contribution < 1.29 is 27.9 Å². The molecule has 0 radical (unpaired) electrons. The van der Waals surface area contributed by atoms with Crippen LogP contribution in [0.5, 0.6) is 5.75 Å². The van der Waals surface area contributed by atoms with Crippen LogP contribution in [-0.2, 0) is 16.1 Å². The predicted octanol–water partition coefficient (Wildman–Crippen LogP) is 4.70. The fraction of sp³-hybridized carbons (Fsp3) is 0.280. The minimum atomic E-state index is -0.751. The summed E-state index contributed by atoms with van der Waals surface area (Å²) in [6.07, 6.45) is 2.39. The van der Waals surface area contributed by atoms with Gasteiger partial charge in [0, 0.05) is 24.5 Å². The minimum Gasteiger partial charge on any atom is -0.486 e. The van der Waals surface area contributed by atoms with Crippen molar-refractivity contribution in [2.24, 2.45) is 0 Å². The molecule has 2 aromatic carbocycles. The van der Waals surface area contributed by atoms with E-state index in [4.69, 9.17) is 13.9 Å². The van der Waals surface area contributed by atoms with Gasteiger partial charge in [-0.1, -0.05) is 0 Å². The van der Waals surface area contributed by atoms with E-state index in [1.807, 2.05) is 25.1 Å². The van der Waals surface area contributed by atoms with Crippen LogP contribution in [-0.4, -0.2) is 31.6 Å². The van der Waals surface area contributed by atoms with Crippen molar-refractivity contribution in [1.29, 1.82) is 0 Å². The molecule has 3 aromatic rings. The van der Waals surface area contributed by atoms with Gasteiger partial charge in [-0.05, 0) is 79.9 Å². The zero-order valence-corrected chi connectivity index (χ0v) is 18.3. The molecule has 1 aliphatic heterocycles. The van der Waals surface area contributed by atoms with Crippen LogP contribution in [0.2, 0.25) is 0 Å². The number of ether oxygens (including phenoxy) is 2. The van der Waals surface area contributed by atoms with Crippen molar-refractivity contribution in [1.82, 2.24) is 0 Å². The molecule has 1 aliphatic rings. The molecule has 4 rings (SSSR count). The first kappa shape index (κ1) is 22.4. The zero-order valence-electron chi connectivity index (χ0n) is 18.3. The van der Waals surface area contributed by atoms with Gasteiger partial charge in [-0.25, -0.2) is 9.18 Å². The van der Waals surface area contributed by atoms with E-state index in [1.54, 1.807) is 6.07 Å². The Morgan fingerprint density at radius 2 is 1.82 bits per heavy atom. The molecule has 0 atom stereocenters. The summed E-state index contributed by atoms with van der Waals surface area (Å²) >= 11 is 0. The first-order valence-electron chi connectivity index (χ1n) is 10.8. The Balaban J connectivity index is 1.24. The maximum atomic E-state index is 12.9. The highest BCUT2D eigenvalue weighted by atomic mass is 19.1. The van der Waals surface area contributed by atoms with E-state index in [0.717, 1.165) is 24.3 Å². The van der Waals surface area contributed by atoms with E-state index < -0.39 is 18.5 Å². The van der Waals surface area contributed by atoms with E-state index in [-0.39, 0.29) is 18.2 Å². The highest BCUT2D eigenvalue weighted by Crippen LogP contribution is 2.25. The van der Waals surface area contributed by atoms with Crippen molar-refractivity contribution in [2.75, 3.05) is 29.9 Å². The molecule has 0 aliphatic carbocycles. The lowest BCUT2D eigenvalue weighted by Gasteiger charge is -2.19. The molecule has 8 heteroatoms. The third-order valence-electron chi connectivity index (χ3n) is 5.35. The molecule has 1 amide bonds. The van der Waals surface area contributed by atoms with Crippen molar-refractivity contribution in [3.63, 3.8) is 0 Å². The van der Waals surface area contributed by atoms with Crippen molar-refractivity contribution in [3.05, 3.63) is 77.5 Å². The molecular formula is C25H25FN2O5. The molecule has 0 saturated carbocycles. The van der Waals surface area contributed by atoms with Gasteiger partial charge in [0.05, 0.1) is 0 Å². The molecule has 7 nitrogen and oxygen atoms in total. The van der Waals surface area contributed by atoms with Gasteiger partial charge in [-0.3, -0.25) is 4.79 Å². The summed E-state index contributed by atoms with van der Waals surface area (Å²) in [5.74, 6) is -0.719. The van der Waals surface area contributed by atoms with Crippen LogP contribution < -0.4 is 15.0 Å². The van der Waals surface area contributed by atoms with Crippen LogP contribution >= 0.6 is 0 Å². The Morgan fingerprint density at radius 1 is 1.06 bits per heavy atom. The van der Waals surface area contributed by atoms with Crippen LogP contribution in [0.1, 0.15) is 34.7 Å². The minimum absolute atomic E-state index is 0.0355. The van der Waals surface area contributed by atoms with E-state index in [0.29, 0.717) is 17.2 Å². The smallest absolute Gasteiger partial charge is 0.374 e. The lowest BCUT2D eigenvalue weighted by molar-refractivity contribution is -0.119. The number of aryl methyl sites for hydroxylation is 1. The molecular weight excluding hydrogens is 427 g/mol. The van der Waals surface area contributed by atoms with Crippen LogP contribution in [0, 0.1) is 12.7 Å². The fourth-order valence-corrected chi connectivity index (χ4v) is 3.60. The number of nitrogens with one attached hydrogen (secondary N) is 1. The number of halogens is 1. The van der Waals surface area contributed by atoms with Crippen molar-refractivity contribution in [2.45, 2.75) is 26.4 Å². The van der Waals surface area contributed by atoms with Crippen molar-refractivity contribution in [3.8, 4) is 5.75 Å². The van der Waals surface area contributed by atoms with Gasteiger partial charge in [0.15, 0.2) is 6.61 Å². The third-order valence-corrected chi connectivity index (χ3v) is 5.35. The van der Waals surface area contributed by atoms with Gasteiger partial charge < -0.3 is 24.1 Å². The van der Waals surface area contributed by atoms with Crippen LogP contribution in [0.3, 0.4) is 0 Å². The molecule has 1 saturated heterocycles. The number of hydrogen-bond acceptors (Lipinski definition) is 6. The molecule has 1 fully saturated rings. The quantitative estimate of drug-likeness (QED) is 0.499. The summed E-state index contributed by atoms with van der Waals surface area (Å²) in [7, 11) is 0. The van der Waals surface area contributed by atoms with E-state index in [1.165, 1.54) is 43.2 Å². The second-order valence-electron chi connectivity index (χ2n) is 7.83. The van der Waals surface area contributed by atoms with Gasteiger partial charge in [-0.15, -0.1) is 0 Å². The van der Waals surface area contributed by atoms with Crippen LogP contribution in [0.4, 0.5) is 15.8 Å². The fourth-order valence-electron chi connectivity index (χ4n) is 3.60. The number of esters is 1. The number of nitrogens with zero attached hydrogens (tertiary/aromatic N) is 1. The number of furan rings is 1. The summed E-state index contributed by atoms with van der Waals surface area (Å²) < 4.78 is 28.9. The summed E-state index contributed by atoms with van der Waals surface area (Å²) in [5, 5.41) is 2.77. The molecule has 0 unspecified atom stereocenters. The number of amides is 1. The third kappa shape index (κ3) is 5.91. The number of benzene rings is 2. The van der Waals surface area contributed by atoms with Crippen LogP contribution in [0.15, 0.2) is 59.0 Å². The normalized spacial score (nSPS) is 13.1. The molecule has 33 heavy (non-hydrogen) atoms. The van der Waals surface area contributed by atoms with Gasteiger partial charge in [0.25, 0.3) is 5.91 Å². The molecule has 0 spiro atoms. The Bertz CT molecular complexity index is 1120. The van der Waals surface area contributed by atoms with Gasteiger partial charge in [0.2, 0.25) is 5.76 Å². The number of carbonyl (C=O) groups is 2. The lowest BCUT2D eigenvalue weighted by atomic mass is 10.1. The number of carbonyl (C=O) groups excluding carboxylic acids is 2. The number of hydrogen-bond donors (Lipinski definition) is 1. The average molecular weight is 452 g/mol. The molecule has 172 valence electrons. The topological polar surface area (TPSA) is 81.0 Å². The summed E-state index contributed by atoms with van der Waals surface area (Å²) in [6, 6.07) is 14.5. The number of anilines is 2. The maximum absolute atomic E-state index is 12.9. The second-order valence-corrected chi connectivity index (χ2v) is 7.83. The number of rotatable bonds is 8. The maximum Gasteiger partial charge on any atom is 0.374 e. The summed E-state index contributed by atoms with van der Waals surface area (Å²) in [4.78, 5) is 26.8. The SMILES string of the molecule is Cc1cc(N2CCCC2)ccc1NC(=O)COC(=O)c1ccc(COc2ccc(F)cc2)o1. The van der Waals surface area contributed by atoms with Crippen LogP contribution in [0.25, 0.3) is 0 Å². The largest absolute Gasteiger partial charge is 0.486 e. The summed E-state index contributed by atoms with van der Waals surface area (Å²) in [5.41, 5.74) is 2.76. The molecule has 2 heterocycles. The highest BCUT2D eigenvalue weighted by Gasteiger charge is 2.17. The van der Waals surface area contributed by atoms with Gasteiger partial charge in [0.1, 0.15) is 23.9 Å². The highest BCUT2D eigenvalue weighted by molar-refractivity contribution is 5.95.